The van der Waals surface area contributed by atoms with Gasteiger partial charge in [0.2, 0.25) is 5.82 Å². The molecule has 3 aromatic carbocycles. The van der Waals surface area contributed by atoms with Crippen LogP contribution in [0.2, 0.25) is 0 Å². The van der Waals surface area contributed by atoms with E-state index in [1.54, 1.807) is 37.3 Å². The fourth-order valence-electron chi connectivity index (χ4n) is 3.83. The number of phenols is 1. The van der Waals surface area contributed by atoms with Gasteiger partial charge in [0.05, 0.1) is 16.9 Å². The third kappa shape index (κ3) is 4.01. The minimum Gasteiger partial charge on any atom is -0.507 e. The van der Waals surface area contributed by atoms with Gasteiger partial charge >= 0.3 is 0 Å². The van der Waals surface area contributed by atoms with E-state index in [1.165, 1.54) is 4.68 Å². The molecule has 0 amide bonds. The minimum atomic E-state index is -0.323. The van der Waals surface area contributed by atoms with Gasteiger partial charge in [-0.25, -0.2) is 4.68 Å². The number of aromatic hydroxyl groups is 1. The van der Waals surface area contributed by atoms with Gasteiger partial charge in [0.1, 0.15) is 11.4 Å². The number of hydrogen-bond donors (Lipinski definition) is 3. The maximum absolute atomic E-state index is 13.2. The molecule has 0 aliphatic carbocycles. The Balaban J connectivity index is 1.65. The highest BCUT2D eigenvalue weighted by molar-refractivity contribution is 5.88. The largest absolute Gasteiger partial charge is 0.507 e. The predicted molar refractivity (Wildman–Crippen MR) is 131 cm³/mol. The molecule has 10 nitrogen and oxygen atoms in total. The molecule has 0 saturated heterocycles. The maximum Gasteiger partial charge on any atom is 0.299 e. The van der Waals surface area contributed by atoms with E-state index >= 15 is 0 Å². The van der Waals surface area contributed by atoms with Crippen LogP contribution in [0.4, 0.5) is 11.4 Å². The Kier molecular flexibility index (Phi) is 5.54. The van der Waals surface area contributed by atoms with Crippen molar-refractivity contribution in [3.63, 3.8) is 0 Å². The molecule has 0 fully saturated rings. The van der Waals surface area contributed by atoms with Crippen LogP contribution in [0.3, 0.4) is 0 Å². The zero-order chi connectivity index (χ0) is 24.5. The third-order valence-corrected chi connectivity index (χ3v) is 5.86. The van der Waals surface area contributed by atoms with Gasteiger partial charge in [-0.2, -0.15) is 5.21 Å². The molecule has 0 bridgehead atoms. The zero-order valence-electron chi connectivity index (χ0n) is 19.3. The summed E-state index contributed by atoms with van der Waals surface area (Å²) < 4.78 is 1.45. The summed E-state index contributed by atoms with van der Waals surface area (Å²) in [5.41, 5.74) is 5.46. The number of nitrogens with one attached hydrogen (secondary N) is 2. The molecule has 10 heteroatoms. The van der Waals surface area contributed by atoms with Crippen molar-refractivity contribution in [3.8, 4) is 34.0 Å². The minimum absolute atomic E-state index is 0.0872. The lowest BCUT2D eigenvalue weighted by molar-refractivity contribution is 0.477. The van der Waals surface area contributed by atoms with E-state index in [4.69, 9.17) is 0 Å². The van der Waals surface area contributed by atoms with Crippen molar-refractivity contribution in [2.45, 2.75) is 20.8 Å². The van der Waals surface area contributed by atoms with E-state index in [1.807, 2.05) is 44.2 Å². The van der Waals surface area contributed by atoms with Crippen LogP contribution in [-0.4, -0.2) is 35.5 Å². The first-order valence-corrected chi connectivity index (χ1v) is 10.9. The summed E-state index contributed by atoms with van der Waals surface area (Å²) in [5, 5.41) is 36.6. The van der Waals surface area contributed by atoms with Gasteiger partial charge in [-0.1, -0.05) is 36.4 Å². The fourth-order valence-corrected chi connectivity index (χ4v) is 3.83. The number of aromatic amines is 2. The van der Waals surface area contributed by atoms with Crippen LogP contribution >= 0.6 is 0 Å². The van der Waals surface area contributed by atoms with Gasteiger partial charge in [-0.15, -0.1) is 20.4 Å². The highest BCUT2D eigenvalue weighted by Crippen LogP contribution is 2.41. The van der Waals surface area contributed by atoms with Crippen LogP contribution in [0.5, 0.6) is 5.75 Å². The Labute approximate surface area is 200 Å². The van der Waals surface area contributed by atoms with Gasteiger partial charge in [0, 0.05) is 11.1 Å². The van der Waals surface area contributed by atoms with Crippen LogP contribution in [0.15, 0.2) is 75.7 Å². The molecule has 0 atom stereocenters. The first-order valence-electron chi connectivity index (χ1n) is 10.9. The van der Waals surface area contributed by atoms with E-state index in [0.717, 1.165) is 11.1 Å². The second kappa shape index (κ2) is 8.82. The number of aromatic nitrogens is 6. The van der Waals surface area contributed by atoms with E-state index in [9.17, 15) is 9.90 Å². The SMILES string of the molecule is Cc1ccc(-n2[nH]c(C)c(N=Nc3c(-c4nn[nH]n4)cccc3-c3ccccc3O)c2=O)cc1C. The molecule has 5 aromatic rings. The van der Waals surface area contributed by atoms with E-state index in [-0.39, 0.29) is 17.0 Å². The molecular formula is C25H22N8O2. The number of hydrogen-bond acceptors (Lipinski definition) is 7. The highest BCUT2D eigenvalue weighted by atomic mass is 16.3. The lowest BCUT2D eigenvalue weighted by atomic mass is 9.99. The number of nitrogens with zero attached hydrogens (tertiary/aromatic N) is 6. The van der Waals surface area contributed by atoms with E-state index < -0.39 is 0 Å². The summed E-state index contributed by atoms with van der Waals surface area (Å²) in [7, 11) is 0. The van der Waals surface area contributed by atoms with Gasteiger partial charge in [0.15, 0.2) is 5.69 Å². The average molecular weight is 467 g/mol. The lowest BCUT2D eigenvalue weighted by Gasteiger charge is -2.10. The molecule has 0 unspecified atom stereocenters. The molecule has 2 heterocycles. The van der Waals surface area contributed by atoms with Crippen LogP contribution in [0, 0.1) is 20.8 Å². The molecule has 3 N–H and O–H groups in total. The summed E-state index contributed by atoms with van der Waals surface area (Å²) >= 11 is 0. The van der Waals surface area contributed by atoms with Crippen molar-refractivity contribution in [2.24, 2.45) is 10.2 Å². The lowest BCUT2D eigenvalue weighted by Crippen LogP contribution is -2.14. The average Bonchev–Trinajstić information content (AvgIpc) is 3.48. The highest BCUT2D eigenvalue weighted by Gasteiger charge is 2.18. The number of H-pyrrole nitrogens is 2. The first kappa shape index (κ1) is 22.0. The molecule has 174 valence electrons. The smallest absolute Gasteiger partial charge is 0.299 e. The molecule has 0 saturated carbocycles. The number of rotatable bonds is 5. The van der Waals surface area contributed by atoms with Crippen LogP contribution in [0.25, 0.3) is 28.2 Å². The molecule has 0 radical (unpaired) electrons. The summed E-state index contributed by atoms with van der Waals surface area (Å²) in [6.45, 7) is 5.78. The molecule has 35 heavy (non-hydrogen) atoms. The number of phenolic OH excluding ortho intramolecular Hbond substituents is 1. The van der Waals surface area contributed by atoms with Gasteiger partial charge in [-0.05, 0) is 61.4 Å². The Morgan fingerprint density at radius 2 is 1.60 bits per heavy atom. The Morgan fingerprint density at radius 1 is 0.857 bits per heavy atom. The van der Waals surface area contributed by atoms with Crippen molar-refractivity contribution in [3.05, 3.63) is 87.8 Å². The zero-order valence-corrected chi connectivity index (χ0v) is 19.3. The quantitative estimate of drug-likeness (QED) is 0.311. The van der Waals surface area contributed by atoms with Crippen LogP contribution in [-0.2, 0) is 0 Å². The topological polar surface area (TPSA) is 137 Å². The van der Waals surface area contributed by atoms with Gasteiger partial charge in [0.25, 0.3) is 5.56 Å². The fraction of sp³-hybridized carbons (Fsp3) is 0.120. The van der Waals surface area contributed by atoms with Crippen LogP contribution in [0.1, 0.15) is 16.8 Å². The number of aryl methyl sites for hydroxylation is 3. The normalized spacial score (nSPS) is 11.4. The summed E-state index contributed by atoms with van der Waals surface area (Å²) in [6.07, 6.45) is 0. The third-order valence-electron chi connectivity index (χ3n) is 5.86. The second-order valence-electron chi connectivity index (χ2n) is 8.15. The van der Waals surface area contributed by atoms with Crippen molar-refractivity contribution in [1.29, 1.82) is 0 Å². The molecule has 2 aromatic heterocycles. The van der Waals surface area contributed by atoms with E-state index in [2.05, 4.69) is 36.0 Å². The van der Waals surface area contributed by atoms with Gasteiger partial charge in [-0.3, -0.25) is 9.89 Å². The number of benzene rings is 3. The standard InChI is InChI=1S/C25H22N8O2/c1-14-11-12-17(13-15(14)2)33-25(35)22(16(3)30-33)26-27-23-19(18-7-4-5-10-21(18)34)8-6-9-20(23)24-28-31-32-29-24/h4-13,30,34H,1-3H3,(H,28,29,31,32). The maximum atomic E-state index is 13.2. The summed E-state index contributed by atoms with van der Waals surface area (Å²) in [6, 6.07) is 18.1. The monoisotopic (exact) mass is 466 g/mol. The van der Waals surface area contributed by atoms with Crippen LogP contribution < -0.4 is 5.56 Å². The molecule has 0 spiro atoms. The summed E-state index contributed by atoms with van der Waals surface area (Å²) in [4.78, 5) is 13.2. The van der Waals surface area contributed by atoms with Crippen molar-refractivity contribution >= 4 is 11.4 Å². The second-order valence-corrected chi connectivity index (χ2v) is 8.15. The molecular weight excluding hydrogens is 444 g/mol. The number of tetrazole rings is 1. The van der Waals surface area contributed by atoms with Crippen molar-refractivity contribution < 1.29 is 5.11 Å². The van der Waals surface area contributed by atoms with E-state index in [0.29, 0.717) is 39.6 Å². The Hall–Kier alpha value is -4.86. The first-order chi connectivity index (χ1) is 16.9. The molecule has 0 aliphatic heterocycles. The molecule has 0 aliphatic rings. The van der Waals surface area contributed by atoms with Crippen molar-refractivity contribution in [1.82, 2.24) is 30.4 Å². The number of para-hydroxylation sites is 1. The Morgan fingerprint density at radius 3 is 2.34 bits per heavy atom. The predicted octanol–water partition coefficient (Wildman–Crippen LogP) is 5.06. The number of azo groups is 1. The molecule has 5 rings (SSSR count). The Bertz CT molecular complexity index is 1610. The van der Waals surface area contributed by atoms with Crippen molar-refractivity contribution in [2.75, 3.05) is 0 Å². The summed E-state index contributed by atoms with van der Waals surface area (Å²) in [5.74, 6) is 0.402. The van der Waals surface area contributed by atoms with Gasteiger partial charge < -0.3 is 5.11 Å².